The van der Waals surface area contributed by atoms with Gasteiger partial charge in [-0.15, -0.1) is 0 Å². The molecule has 0 N–H and O–H groups in total. The molecule has 1 amide bonds. The molecule has 1 atom stereocenters. The van der Waals surface area contributed by atoms with Crippen LogP contribution in [0.25, 0.3) is 0 Å². The zero-order valence-corrected chi connectivity index (χ0v) is 13.7. The molecule has 0 unspecified atom stereocenters. The number of aromatic nitrogens is 4. The molecular formula is C16H23N5O2. The van der Waals surface area contributed by atoms with Crippen molar-refractivity contribution in [1.82, 2.24) is 24.8 Å². The molecule has 0 spiro atoms. The van der Waals surface area contributed by atoms with Gasteiger partial charge in [-0.1, -0.05) is 12.1 Å². The van der Waals surface area contributed by atoms with Gasteiger partial charge in [0, 0.05) is 31.9 Å². The minimum atomic E-state index is -0.194. The van der Waals surface area contributed by atoms with Crippen molar-refractivity contribution in [2.45, 2.75) is 45.6 Å². The van der Waals surface area contributed by atoms with Gasteiger partial charge in [-0.2, -0.15) is 10.1 Å². The molecule has 0 saturated carbocycles. The lowest BCUT2D eigenvalue weighted by molar-refractivity contribution is -0.136. The molecule has 0 bridgehead atoms. The van der Waals surface area contributed by atoms with Crippen LogP contribution in [0.5, 0.6) is 0 Å². The van der Waals surface area contributed by atoms with E-state index in [0.29, 0.717) is 17.6 Å². The van der Waals surface area contributed by atoms with Crippen molar-refractivity contribution in [2.75, 3.05) is 13.1 Å². The lowest BCUT2D eigenvalue weighted by Crippen LogP contribution is -2.42. The van der Waals surface area contributed by atoms with E-state index < -0.39 is 0 Å². The molecule has 2 aromatic heterocycles. The Morgan fingerprint density at radius 2 is 2.22 bits per heavy atom. The summed E-state index contributed by atoms with van der Waals surface area (Å²) in [4.78, 5) is 18.9. The summed E-state index contributed by atoms with van der Waals surface area (Å²) in [6.45, 7) is 5.42. The van der Waals surface area contributed by atoms with Gasteiger partial charge in [-0.05, 0) is 38.2 Å². The third-order valence-corrected chi connectivity index (χ3v) is 4.48. The summed E-state index contributed by atoms with van der Waals surface area (Å²) in [7, 11) is 0. The number of carbonyl (C=O) groups is 1. The van der Waals surface area contributed by atoms with Crippen molar-refractivity contribution in [3.05, 3.63) is 30.2 Å². The van der Waals surface area contributed by atoms with Crippen molar-refractivity contribution >= 4 is 5.91 Å². The highest BCUT2D eigenvalue weighted by Crippen LogP contribution is 2.24. The van der Waals surface area contributed by atoms with Crippen LogP contribution in [0.2, 0.25) is 0 Å². The van der Waals surface area contributed by atoms with E-state index >= 15 is 0 Å². The number of nitrogens with zero attached hydrogens (tertiary/aromatic N) is 5. The first-order valence-corrected chi connectivity index (χ1v) is 8.24. The lowest BCUT2D eigenvalue weighted by atomic mass is 9.93. The van der Waals surface area contributed by atoms with E-state index in [1.165, 1.54) is 0 Å². The second kappa shape index (κ2) is 6.93. The summed E-state index contributed by atoms with van der Waals surface area (Å²) < 4.78 is 6.95. The fraction of sp³-hybridized carbons (Fsp3) is 0.625. The summed E-state index contributed by atoms with van der Waals surface area (Å²) in [6.07, 6.45) is 7.08. The quantitative estimate of drug-likeness (QED) is 0.843. The summed E-state index contributed by atoms with van der Waals surface area (Å²) >= 11 is 0. The molecule has 0 radical (unpaired) electrons. The van der Waals surface area contributed by atoms with Gasteiger partial charge in [0.05, 0.1) is 0 Å². The fourth-order valence-corrected chi connectivity index (χ4v) is 3.18. The topological polar surface area (TPSA) is 77.0 Å². The van der Waals surface area contributed by atoms with Crippen molar-refractivity contribution in [3.8, 4) is 0 Å². The van der Waals surface area contributed by atoms with Crippen LogP contribution in [-0.4, -0.2) is 43.8 Å². The van der Waals surface area contributed by atoms with Crippen LogP contribution in [0.1, 0.15) is 43.9 Å². The standard InChI is InChI=1S/C16H23N5O2/c1-3-14(21-8-4-7-17-21)16(22)20-9-5-13(6-10-20)11-15-18-12(2)19-23-15/h4,7-8,13-14H,3,5-6,9-11H2,1-2H3/t14-/m0/s1. The Balaban J connectivity index is 1.54. The molecule has 124 valence electrons. The van der Waals surface area contributed by atoms with Crippen LogP contribution in [0, 0.1) is 12.8 Å². The smallest absolute Gasteiger partial charge is 0.247 e. The van der Waals surface area contributed by atoms with Gasteiger partial charge in [0.25, 0.3) is 0 Å². The van der Waals surface area contributed by atoms with Crippen LogP contribution >= 0.6 is 0 Å². The predicted molar refractivity (Wildman–Crippen MR) is 83.6 cm³/mol. The van der Waals surface area contributed by atoms with E-state index in [-0.39, 0.29) is 11.9 Å². The fourth-order valence-electron chi connectivity index (χ4n) is 3.18. The SMILES string of the molecule is CC[C@@H](C(=O)N1CCC(Cc2nc(C)no2)CC1)n1cccn1. The highest BCUT2D eigenvalue weighted by molar-refractivity contribution is 5.80. The van der Waals surface area contributed by atoms with Gasteiger partial charge < -0.3 is 9.42 Å². The molecule has 1 aliphatic rings. The molecule has 2 aromatic rings. The largest absolute Gasteiger partial charge is 0.341 e. The Morgan fingerprint density at radius 3 is 2.78 bits per heavy atom. The first-order valence-electron chi connectivity index (χ1n) is 8.24. The molecule has 1 fully saturated rings. The van der Waals surface area contributed by atoms with E-state index in [1.807, 2.05) is 31.0 Å². The zero-order chi connectivity index (χ0) is 16.2. The first-order chi connectivity index (χ1) is 11.2. The molecule has 7 nitrogen and oxygen atoms in total. The third kappa shape index (κ3) is 3.60. The number of aryl methyl sites for hydroxylation is 1. The number of piperidine rings is 1. The highest BCUT2D eigenvalue weighted by Gasteiger charge is 2.29. The minimum absolute atomic E-state index is 0.170. The van der Waals surface area contributed by atoms with Crippen molar-refractivity contribution in [3.63, 3.8) is 0 Å². The minimum Gasteiger partial charge on any atom is -0.341 e. The first kappa shape index (κ1) is 15.7. The summed E-state index contributed by atoms with van der Waals surface area (Å²) in [5.74, 6) is 2.06. The normalized spacial score (nSPS) is 17.4. The van der Waals surface area contributed by atoms with E-state index in [2.05, 4.69) is 15.2 Å². The van der Waals surface area contributed by atoms with Crippen LogP contribution in [0.3, 0.4) is 0 Å². The second-order valence-corrected chi connectivity index (χ2v) is 6.12. The zero-order valence-electron chi connectivity index (χ0n) is 13.7. The number of hydrogen-bond acceptors (Lipinski definition) is 5. The number of likely N-dealkylation sites (tertiary alicyclic amines) is 1. The van der Waals surface area contributed by atoms with Crippen LogP contribution < -0.4 is 0 Å². The summed E-state index contributed by atoms with van der Waals surface area (Å²) in [5, 5.41) is 8.05. The predicted octanol–water partition coefficient (Wildman–Crippen LogP) is 2.01. The lowest BCUT2D eigenvalue weighted by Gasteiger charge is -2.33. The molecular weight excluding hydrogens is 294 g/mol. The summed E-state index contributed by atoms with van der Waals surface area (Å²) in [6, 6.07) is 1.66. The highest BCUT2D eigenvalue weighted by atomic mass is 16.5. The molecule has 0 aromatic carbocycles. The van der Waals surface area contributed by atoms with E-state index in [0.717, 1.165) is 38.8 Å². The van der Waals surface area contributed by atoms with E-state index in [1.54, 1.807) is 10.9 Å². The monoisotopic (exact) mass is 317 g/mol. The van der Waals surface area contributed by atoms with E-state index in [9.17, 15) is 4.79 Å². The average molecular weight is 317 g/mol. The molecule has 1 aliphatic heterocycles. The Hall–Kier alpha value is -2.18. The molecule has 1 saturated heterocycles. The van der Waals surface area contributed by atoms with Crippen LogP contribution in [0.15, 0.2) is 23.0 Å². The van der Waals surface area contributed by atoms with Gasteiger partial charge in [0.2, 0.25) is 11.8 Å². The molecule has 3 rings (SSSR count). The summed E-state index contributed by atoms with van der Waals surface area (Å²) in [5.41, 5.74) is 0. The molecule has 0 aliphatic carbocycles. The van der Waals surface area contributed by atoms with Gasteiger partial charge in [0.1, 0.15) is 6.04 Å². The number of hydrogen-bond donors (Lipinski definition) is 0. The second-order valence-electron chi connectivity index (χ2n) is 6.12. The van der Waals surface area contributed by atoms with Crippen molar-refractivity contribution < 1.29 is 9.32 Å². The third-order valence-electron chi connectivity index (χ3n) is 4.48. The van der Waals surface area contributed by atoms with Crippen LogP contribution in [-0.2, 0) is 11.2 Å². The Morgan fingerprint density at radius 1 is 1.43 bits per heavy atom. The average Bonchev–Trinajstić information content (AvgIpc) is 3.21. The molecule has 7 heteroatoms. The maximum atomic E-state index is 12.7. The maximum Gasteiger partial charge on any atom is 0.247 e. The maximum absolute atomic E-state index is 12.7. The Kier molecular flexibility index (Phi) is 4.73. The van der Waals surface area contributed by atoms with E-state index in [4.69, 9.17) is 4.52 Å². The number of carbonyl (C=O) groups excluding carboxylic acids is 1. The number of amides is 1. The Labute approximate surface area is 135 Å². The molecule has 23 heavy (non-hydrogen) atoms. The molecule has 3 heterocycles. The Bertz CT molecular complexity index is 629. The van der Waals surface area contributed by atoms with Crippen LogP contribution in [0.4, 0.5) is 0 Å². The number of rotatable bonds is 5. The van der Waals surface area contributed by atoms with Gasteiger partial charge in [0.15, 0.2) is 5.82 Å². The van der Waals surface area contributed by atoms with Gasteiger partial charge in [-0.25, -0.2) is 0 Å². The van der Waals surface area contributed by atoms with Gasteiger partial charge in [-0.3, -0.25) is 9.48 Å². The van der Waals surface area contributed by atoms with Gasteiger partial charge >= 0.3 is 0 Å². The van der Waals surface area contributed by atoms with Crippen molar-refractivity contribution in [1.29, 1.82) is 0 Å². The van der Waals surface area contributed by atoms with Crippen molar-refractivity contribution in [2.24, 2.45) is 5.92 Å².